The fourth-order valence-electron chi connectivity index (χ4n) is 3.51. The van der Waals surface area contributed by atoms with Crippen molar-refractivity contribution in [2.45, 2.75) is 25.6 Å². The molecular formula is C20H21F3N2. The summed E-state index contributed by atoms with van der Waals surface area (Å²) < 4.78 is 38.5. The zero-order chi connectivity index (χ0) is 17.4. The first kappa shape index (κ1) is 16.5. The fourth-order valence-corrected chi connectivity index (χ4v) is 3.51. The fraction of sp³-hybridized carbons (Fsp3) is 0.400. The lowest BCUT2D eigenvalue weighted by Gasteiger charge is -2.25. The van der Waals surface area contributed by atoms with E-state index in [2.05, 4.69) is 21.9 Å². The summed E-state index contributed by atoms with van der Waals surface area (Å²) in [4.78, 5) is 4.61. The molecule has 0 spiro atoms. The van der Waals surface area contributed by atoms with Crippen LogP contribution in [0, 0.1) is 5.92 Å². The van der Waals surface area contributed by atoms with Crippen molar-refractivity contribution in [1.82, 2.24) is 4.90 Å². The lowest BCUT2D eigenvalue weighted by atomic mass is 10.1. The molecule has 2 aliphatic rings. The Bertz CT molecular complexity index is 735. The minimum absolute atomic E-state index is 0.602. The van der Waals surface area contributed by atoms with E-state index in [0.29, 0.717) is 0 Å². The largest absolute Gasteiger partial charge is 0.416 e. The summed E-state index contributed by atoms with van der Waals surface area (Å²) >= 11 is 0. The van der Waals surface area contributed by atoms with E-state index in [0.717, 1.165) is 43.5 Å². The Hall–Kier alpha value is -2.01. The third-order valence-electron chi connectivity index (χ3n) is 5.04. The van der Waals surface area contributed by atoms with Gasteiger partial charge in [-0.2, -0.15) is 13.2 Å². The number of alkyl halides is 3. The summed E-state index contributed by atoms with van der Waals surface area (Å²) in [5.74, 6) is 0.824. The number of anilines is 2. The number of hydrogen-bond acceptors (Lipinski definition) is 2. The van der Waals surface area contributed by atoms with Crippen molar-refractivity contribution in [3.8, 4) is 0 Å². The first-order valence-electron chi connectivity index (χ1n) is 8.76. The van der Waals surface area contributed by atoms with Gasteiger partial charge in [0.1, 0.15) is 0 Å². The number of rotatable bonds is 3. The monoisotopic (exact) mass is 346 g/mol. The van der Waals surface area contributed by atoms with Crippen LogP contribution in [0.15, 0.2) is 48.5 Å². The molecule has 0 N–H and O–H groups in total. The van der Waals surface area contributed by atoms with Gasteiger partial charge in [0.05, 0.1) is 5.56 Å². The van der Waals surface area contributed by atoms with Crippen molar-refractivity contribution in [2.75, 3.05) is 24.5 Å². The Labute approximate surface area is 145 Å². The maximum absolute atomic E-state index is 12.8. The second-order valence-corrected chi connectivity index (χ2v) is 7.00. The number of fused-ring (bicyclic) bond motifs is 1. The maximum atomic E-state index is 12.8. The van der Waals surface area contributed by atoms with Crippen molar-refractivity contribution < 1.29 is 13.2 Å². The normalized spacial score (nSPS) is 18.8. The van der Waals surface area contributed by atoms with Gasteiger partial charge in [-0.25, -0.2) is 0 Å². The van der Waals surface area contributed by atoms with Gasteiger partial charge in [0, 0.05) is 37.6 Å². The molecule has 132 valence electrons. The summed E-state index contributed by atoms with van der Waals surface area (Å²) in [5, 5.41) is 0. The highest BCUT2D eigenvalue weighted by Gasteiger charge is 2.31. The summed E-state index contributed by atoms with van der Waals surface area (Å²) in [5.41, 5.74) is 2.55. The van der Waals surface area contributed by atoms with Gasteiger partial charge in [-0.1, -0.05) is 18.2 Å². The molecule has 2 aromatic rings. The first-order valence-corrected chi connectivity index (χ1v) is 8.76. The van der Waals surface area contributed by atoms with Gasteiger partial charge < -0.3 is 4.90 Å². The second-order valence-electron chi connectivity index (χ2n) is 7.00. The first-order chi connectivity index (χ1) is 12.0. The van der Waals surface area contributed by atoms with E-state index in [1.807, 2.05) is 12.1 Å². The van der Waals surface area contributed by atoms with E-state index in [1.54, 1.807) is 12.1 Å². The van der Waals surface area contributed by atoms with Crippen molar-refractivity contribution in [3.05, 3.63) is 59.7 Å². The Morgan fingerprint density at radius 2 is 1.64 bits per heavy atom. The van der Waals surface area contributed by atoms with Crippen LogP contribution >= 0.6 is 0 Å². The van der Waals surface area contributed by atoms with Gasteiger partial charge in [-0.3, -0.25) is 4.90 Å². The van der Waals surface area contributed by atoms with E-state index in [4.69, 9.17) is 0 Å². The Kier molecular flexibility index (Phi) is 4.20. The van der Waals surface area contributed by atoms with Gasteiger partial charge in [0.2, 0.25) is 0 Å². The van der Waals surface area contributed by atoms with Gasteiger partial charge >= 0.3 is 6.18 Å². The topological polar surface area (TPSA) is 6.48 Å². The van der Waals surface area contributed by atoms with E-state index < -0.39 is 11.7 Å². The molecule has 2 aromatic carbocycles. The molecule has 0 aromatic heterocycles. The van der Waals surface area contributed by atoms with Crippen molar-refractivity contribution in [2.24, 2.45) is 5.92 Å². The molecule has 1 aliphatic carbocycles. The van der Waals surface area contributed by atoms with Crippen molar-refractivity contribution in [3.63, 3.8) is 0 Å². The molecule has 1 saturated carbocycles. The molecule has 0 unspecified atom stereocenters. The molecule has 25 heavy (non-hydrogen) atoms. The van der Waals surface area contributed by atoms with Crippen LogP contribution in [0.1, 0.15) is 24.0 Å². The third kappa shape index (κ3) is 3.66. The van der Waals surface area contributed by atoms with E-state index in [1.165, 1.54) is 30.5 Å². The lowest BCUT2D eigenvalue weighted by Crippen LogP contribution is -2.30. The van der Waals surface area contributed by atoms with E-state index in [-0.39, 0.29) is 0 Å². The van der Waals surface area contributed by atoms with E-state index >= 15 is 0 Å². The molecule has 0 amide bonds. The highest BCUT2D eigenvalue weighted by Crippen LogP contribution is 2.36. The summed E-state index contributed by atoms with van der Waals surface area (Å²) in [6, 6.07) is 13.7. The highest BCUT2D eigenvalue weighted by molar-refractivity contribution is 5.67. The zero-order valence-corrected chi connectivity index (χ0v) is 14.0. The van der Waals surface area contributed by atoms with Gasteiger partial charge in [0.15, 0.2) is 0 Å². The molecular weight excluding hydrogens is 325 g/mol. The van der Waals surface area contributed by atoms with Gasteiger partial charge in [0.25, 0.3) is 0 Å². The van der Waals surface area contributed by atoms with Crippen LogP contribution in [0.5, 0.6) is 0 Å². The molecule has 0 saturated heterocycles. The summed E-state index contributed by atoms with van der Waals surface area (Å²) in [7, 11) is 0. The van der Waals surface area contributed by atoms with E-state index in [9.17, 15) is 13.2 Å². The van der Waals surface area contributed by atoms with Crippen molar-refractivity contribution >= 4 is 11.4 Å². The minimum atomic E-state index is -4.30. The number of nitrogens with zero attached hydrogens (tertiary/aromatic N) is 2. The molecule has 0 bridgehead atoms. The maximum Gasteiger partial charge on any atom is 0.416 e. The SMILES string of the molecule is FC(F)(F)c1ccc(N2CCN(CC3CC3)Cc3ccccc32)cc1. The predicted octanol–water partition coefficient (Wildman–Crippen LogP) is 5.07. The molecule has 1 heterocycles. The Morgan fingerprint density at radius 3 is 2.32 bits per heavy atom. The second kappa shape index (κ2) is 6.37. The molecule has 1 aliphatic heterocycles. The van der Waals surface area contributed by atoms with Gasteiger partial charge in [-0.15, -0.1) is 0 Å². The van der Waals surface area contributed by atoms with Crippen LogP contribution in [0.4, 0.5) is 24.5 Å². The number of para-hydroxylation sites is 1. The van der Waals surface area contributed by atoms with Crippen LogP contribution in [0.25, 0.3) is 0 Å². The minimum Gasteiger partial charge on any atom is -0.340 e. The molecule has 0 atom stereocenters. The molecule has 1 fully saturated rings. The molecule has 5 heteroatoms. The van der Waals surface area contributed by atoms with Crippen LogP contribution in [-0.4, -0.2) is 24.5 Å². The summed E-state index contributed by atoms with van der Waals surface area (Å²) in [6.07, 6.45) is -1.65. The molecule has 0 radical (unpaired) electrons. The van der Waals surface area contributed by atoms with Crippen LogP contribution < -0.4 is 4.90 Å². The van der Waals surface area contributed by atoms with Crippen LogP contribution in [0.3, 0.4) is 0 Å². The summed E-state index contributed by atoms with van der Waals surface area (Å²) in [6.45, 7) is 3.74. The van der Waals surface area contributed by atoms with Crippen LogP contribution in [0.2, 0.25) is 0 Å². The Morgan fingerprint density at radius 1 is 0.920 bits per heavy atom. The third-order valence-corrected chi connectivity index (χ3v) is 5.04. The smallest absolute Gasteiger partial charge is 0.340 e. The standard InChI is InChI=1S/C20H21F3N2/c21-20(22,23)17-7-9-18(10-8-17)25-12-11-24(13-15-5-6-15)14-16-3-1-2-4-19(16)25/h1-4,7-10,15H,5-6,11-14H2. The predicted molar refractivity (Wildman–Crippen MR) is 92.9 cm³/mol. The quantitative estimate of drug-likeness (QED) is 0.766. The highest BCUT2D eigenvalue weighted by atomic mass is 19.4. The molecule has 4 rings (SSSR count). The number of halogens is 3. The number of benzene rings is 2. The average Bonchev–Trinajstić information content (AvgIpc) is 3.41. The van der Waals surface area contributed by atoms with Crippen LogP contribution in [-0.2, 0) is 12.7 Å². The Balaban J connectivity index is 1.62. The zero-order valence-electron chi connectivity index (χ0n) is 14.0. The van der Waals surface area contributed by atoms with Crippen molar-refractivity contribution in [1.29, 1.82) is 0 Å². The van der Waals surface area contributed by atoms with Gasteiger partial charge in [-0.05, 0) is 54.7 Å². The lowest BCUT2D eigenvalue weighted by molar-refractivity contribution is -0.137. The molecule has 2 nitrogen and oxygen atoms in total. The number of hydrogen-bond donors (Lipinski definition) is 0. The average molecular weight is 346 g/mol.